The number of benzene rings is 6. The Hall–Kier alpha value is -4.71. The Morgan fingerprint density at radius 2 is 0.840 bits per heavy atom. The summed E-state index contributed by atoms with van der Waals surface area (Å²) in [6.07, 6.45) is 9.54. The van der Waals surface area contributed by atoms with Crippen LogP contribution in [0.15, 0.2) is 114 Å². The van der Waals surface area contributed by atoms with E-state index in [2.05, 4.69) is 262 Å². The fourth-order valence-electron chi connectivity index (χ4n) is 16.9. The maximum absolute atomic E-state index is 2.90. The van der Waals surface area contributed by atoms with Crippen LogP contribution in [0.5, 0.6) is 0 Å². The van der Waals surface area contributed by atoms with Gasteiger partial charge in [0.2, 0.25) is 6.71 Å². The second kappa shape index (κ2) is 17.7. The van der Waals surface area contributed by atoms with E-state index in [9.17, 15) is 0 Å². The fraction of sp³-hybridized carbons (Fsp3) is 0.500. The zero-order valence-electron chi connectivity index (χ0n) is 53.5. The molecule has 81 heavy (non-hydrogen) atoms. The van der Waals surface area contributed by atoms with Crippen molar-refractivity contribution in [2.45, 2.75) is 226 Å². The molecular weight excluding hydrogens is 1010 g/mol. The highest BCUT2D eigenvalue weighted by atomic mass is 32.2. The first kappa shape index (κ1) is 55.5. The molecule has 6 aromatic rings. The highest BCUT2D eigenvalue weighted by Gasteiger charge is 2.61. The molecule has 7 aliphatic rings. The predicted octanol–water partition coefficient (Wildman–Crippen LogP) is 19.8. The van der Waals surface area contributed by atoms with E-state index in [1.807, 2.05) is 0 Å². The van der Waals surface area contributed by atoms with E-state index in [1.165, 1.54) is 157 Å². The minimum absolute atomic E-state index is 0.0173. The van der Waals surface area contributed by atoms with Crippen LogP contribution >= 0.6 is 11.8 Å². The number of fused-ring (bicyclic) bond motifs is 8. The normalized spacial score (nSPS) is 24.3. The lowest BCUT2D eigenvalue weighted by molar-refractivity contribution is 0.0926. The van der Waals surface area contributed by atoms with E-state index in [0.29, 0.717) is 11.2 Å². The van der Waals surface area contributed by atoms with Crippen LogP contribution in [0, 0.1) is 23.7 Å². The molecule has 0 saturated heterocycles. The van der Waals surface area contributed by atoms with Gasteiger partial charge in [0.25, 0.3) is 0 Å². The number of allylic oxidation sites excluding steroid dienone is 1. The molecule has 422 valence electrons. The first-order chi connectivity index (χ1) is 37.6. The van der Waals surface area contributed by atoms with Gasteiger partial charge in [0.05, 0.1) is 24.5 Å². The molecule has 3 heterocycles. The van der Waals surface area contributed by atoms with E-state index >= 15 is 0 Å². The molecule has 0 spiro atoms. The highest BCUT2D eigenvalue weighted by Crippen LogP contribution is 2.67. The summed E-state index contributed by atoms with van der Waals surface area (Å²) in [5, 5.41) is 3.45. The van der Waals surface area contributed by atoms with Gasteiger partial charge in [-0.3, -0.25) is 0 Å². The molecule has 6 aromatic carbocycles. The average molecular weight is 1110 g/mol. The van der Waals surface area contributed by atoms with Crippen LogP contribution in [0.2, 0.25) is 19.6 Å². The summed E-state index contributed by atoms with van der Waals surface area (Å²) >= 11 is 2.26. The van der Waals surface area contributed by atoms with Crippen molar-refractivity contribution in [1.29, 1.82) is 0 Å². The van der Waals surface area contributed by atoms with Crippen molar-refractivity contribution in [3.05, 3.63) is 153 Å². The van der Waals surface area contributed by atoms with Gasteiger partial charge in [-0.15, -0.1) is 11.8 Å². The summed E-state index contributed by atoms with van der Waals surface area (Å²) in [6, 6.07) is 43.1. The lowest BCUT2D eigenvalue weighted by Gasteiger charge is -2.52. The smallest absolute Gasteiger partial charge is 0.248 e. The van der Waals surface area contributed by atoms with E-state index in [4.69, 9.17) is 0 Å². The third-order valence-electron chi connectivity index (χ3n) is 22.8. The third-order valence-corrected chi connectivity index (χ3v) is 26.7. The lowest BCUT2D eigenvalue weighted by atomic mass is 9.29. The molecule has 4 aliphatic carbocycles. The zero-order valence-corrected chi connectivity index (χ0v) is 55.3. The quantitative estimate of drug-likeness (QED) is 0.159. The summed E-state index contributed by atoms with van der Waals surface area (Å²) < 4.78 is 0. The van der Waals surface area contributed by atoms with E-state index in [-0.39, 0.29) is 50.0 Å². The standard InChI is InChI=1S/C76H95BN2SSi/c1-46-38-62-65-63(39-46)79(60-44-56-52(69(2,3)31-34-73(56,10)11)40-50(60)47-24-22-21-23-25-47)68-66(64-67(80-68)76(16,17)37-36-75(64,14)15)77(65)58-42-54-57(74(12,13)35-32-71(54,6)7)45-61(58)78(62)59-43-55-53(70(4,5)30-33-72(55,8)9)41-51(59)48-26-28-49(29-27-48)81(18,19)20/h21-29,38-45,64,67H,30-37H2,1-20H3. The minimum atomic E-state index is -1.57. The number of nitrogens with zero attached hydrogens (tertiary/aromatic N) is 2. The Labute approximate surface area is 495 Å². The molecule has 5 heteroatoms. The molecule has 0 radical (unpaired) electrons. The Bertz CT molecular complexity index is 3650. The summed E-state index contributed by atoms with van der Waals surface area (Å²) in [5.74, 6) is 0.385. The maximum Gasteiger partial charge on any atom is 0.248 e. The third kappa shape index (κ3) is 8.41. The number of hydrogen-bond acceptors (Lipinski definition) is 3. The van der Waals surface area contributed by atoms with E-state index in [0.717, 1.165) is 0 Å². The molecule has 2 unspecified atom stereocenters. The van der Waals surface area contributed by atoms with Crippen LogP contribution in [0.3, 0.4) is 0 Å². The molecule has 0 N–H and O–H groups in total. The number of anilines is 5. The molecule has 2 nitrogen and oxygen atoms in total. The molecule has 0 amide bonds. The van der Waals surface area contributed by atoms with Gasteiger partial charge in [-0.2, -0.15) is 0 Å². The Balaban J connectivity index is 1.20. The van der Waals surface area contributed by atoms with Crippen molar-refractivity contribution < 1.29 is 0 Å². The number of thioether (sulfide) groups is 1. The first-order valence-corrected chi connectivity index (χ1v) is 35.9. The number of aryl methyl sites for hydroxylation is 1. The molecule has 13 rings (SSSR count). The van der Waals surface area contributed by atoms with Gasteiger partial charge < -0.3 is 9.80 Å². The van der Waals surface area contributed by atoms with Gasteiger partial charge in [0, 0.05) is 33.4 Å². The first-order valence-electron chi connectivity index (χ1n) is 31.5. The Morgan fingerprint density at radius 3 is 1.32 bits per heavy atom. The predicted molar refractivity (Wildman–Crippen MR) is 358 cm³/mol. The molecular formula is C76H95BN2SSi. The zero-order chi connectivity index (χ0) is 57.9. The van der Waals surface area contributed by atoms with Crippen molar-refractivity contribution in [3.8, 4) is 22.3 Å². The lowest BCUT2D eigenvalue weighted by Crippen LogP contribution is -2.59. The summed E-state index contributed by atoms with van der Waals surface area (Å²) in [4.78, 5) is 5.77. The van der Waals surface area contributed by atoms with Crippen molar-refractivity contribution in [3.63, 3.8) is 0 Å². The second-order valence-electron chi connectivity index (χ2n) is 33.4. The van der Waals surface area contributed by atoms with E-state index in [1.54, 1.807) is 11.0 Å². The molecule has 1 saturated carbocycles. The topological polar surface area (TPSA) is 6.48 Å². The highest BCUT2D eigenvalue weighted by molar-refractivity contribution is 8.04. The second-order valence-corrected chi connectivity index (χ2v) is 39.6. The van der Waals surface area contributed by atoms with Crippen LogP contribution < -0.4 is 25.9 Å². The number of rotatable bonds is 5. The van der Waals surface area contributed by atoms with Crippen LogP contribution in [-0.2, 0) is 32.5 Å². The van der Waals surface area contributed by atoms with Gasteiger partial charge in [-0.05, 0) is 211 Å². The molecule has 2 atom stereocenters. The monoisotopic (exact) mass is 1110 g/mol. The van der Waals surface area contributed by atoms with Crippen molar-refractivity contribution in [2.75, 3.05) is 9.80 Å². The van der Waals surface area contributed by atoms with Gasteiger partial charge in [-0.25, -0.2) is 0 Å². The molecule has 0 bridgehead atoms. The van der Waals surface area contributed by atoms with Crippen LogP contribution in [0.1, 0.15) is 201 Å². The van der Waals surface area contributed by atoms with Crippen LogP contribution in [0.25, 0.3) is 22.3 Å². The number of hydrogen-bond donors (Lipinski definition) is 0. The summed E-state index contributed by atoms with van der Waals surface area (Å²) in [5.41, 5.74) is 27.8. The summed E-state index contributed by atoms with van der Waals surface area (Å²) in [6.45, 7) is 50.8. The van der Waals surface area contributed by atoms with Gasteiger partial charge in [0.1, 0.15) is 0 Å². The fourth-order valence-corrected chi connectivity index (χ4v) is 20.1. The largest absolute Gasteiger partial charge is 0.311 e. The van der Waals surface area contributed by atoms with Crippen molar-refractivity contribution in [1.82, 2.24) is 0 Å². The van der Waals surface area contributed by atoms with Gasteiger partial charge in [-0.1, -0.05) is 202 Å². The van der Waals surface area contributed by atoms with E-state index < -0.39 is 8.07 Å². The van der Waals surface area contributed by atoms with Crippen molar-refractivity contribution in [2.24, 2.45) is 16.7 Å². The van der Waals surface area contributed by atoms with Crippen molar-refractivity contribution >= 4 is 71.1 Å². The molecule has 3 aliphatic heterocycles. The Morgan fingerprint density at radius 1 is 0.432 bits per heavy atom. The van der Waals surface area contributed by atoms with Crippen LogP contribution in [-0.4, -0.2) is 20.0 Å². The SMILES string of the molecule is Cc1cc2c3c(c1)N(c1cc4c(cc1-c1ccc([Si](C)(C)C)cc1)C(C)(C)CCC4(C)C)c1cc4c(cc1B3C1=C(SC3C1C(C)(C)CCC3(C)C)N2c1cc2c(cc1-c1ccccc1)C(C)(C)CCC2(C)C)C(C)(C)CCC4(C)C. The molecule has 1 fully saturated rings. The minimum Gasteiger partial charge on any atom is -0.311 e. The van der Waals surface area contributed by atoms with Crippen LogP contribution in [0.4, 0.5) is 28.4 Å². The maximum atomic E-state index is 2.90. The average Bonchev–Trinajstić information content (AvgIpc) is 3.04. The summed E-state index contributed by atoms with van der Waals surface area (Å²) in [7, 11) is -1.57. The van der Waals surface area contributed by atoms with Gasteiger partial charge in [0.15, 0.2) is 0 Å². The van der Waals surface area contributed by atoms with Gasteiger partial charge >= 0.3 is 0 Å². The Kier molecular flexibility index (Phi) is 12.1. The molecule has 0 aromatic heterocycles.